The second kappa shape index (κ2) is 10.0. The summed E-state index contributed by atoms with van der Waals surface area (Å²) in [7, 11) is 0. The summed E-state index contributed by atoms with van der Waals surface area (Å²) in [5.74, 6) is -1.12. The quantitative estimate of drug-likeness (QED) is 0.407. The highest BCUT2D eigenvalue weighted by atomic mass is 16.3. The number of nitrogens with one attached hydrogen (secondary N) is 1. The van der Waals surface area contributed by atoms with Crippen molar-refractivity contribution in [2.45, 2.75) is 13.8 Å². The molecule has 1 heterocycles. The number of nitrogens with zero attached hydrogens (tertiary/aromatic N) is 2. The van der Waals surface area contributed by atoms with Crippen molar-refractivity contribution < 1.29 is 14.0 Å². The average Bonchev–Trinajstić information content (AvgIpc) is 2.88. The fourth-order valence-electron chi connectivity index (χ4n) is 3.76. The van der Waals surface area contributed by atoms with Crippen LogP contribution >= 0.6 is 0 Å². The van der Waals surface area contributed by atoms with Gasteiger partial charge in [0.15, 0.2) is 0 Å². The number of carbonyl (C=O) groups excluding carboxylic acids is 2. The smallest absolute Gasteiger partial charge is 0.271 e. The Labute approximate surface area is 197 Å². The Hall–Kier alpha value is -4.39. The zero-order valence-electron chi connectivity index (χ0n) is 19.1. The maximum Gasteiger partial charge on any atom is 0.271 e. The molecule has 0 aliphatic rings. The first-order valence-corrected chi connectivity index (χ1v) is 11.1. The largest absolute Gasteiger partial charge is 0.436 e. The molecule has 0 fully saturated rings. The molecule has 0 aliphatic carbocycles. The third kappa shape index (κ3) is 4.83. The van der Waals surface area contributed by atoms with Gasteiger partial charge >= 0.3 is 0 Å². The molecule has 0 aliphatic heterocycles. The molecule has 34 heavy (non-hydrogen) atoms. The number of rotatable bonds is 7. The van der Waals surface area contributed by atoms with Gasteiger partial charge in [-0.2, -0.15) is 0 Å². The predicted molar refractivity (Wildman–Crippen MR) is 133 cm³/mol. The molecule has 0 saturated heterocycles. The lowest BCUT2D eigenvalue weighted by molar-refractivity contribution is 0.0946. The normalized spacial score (nSPS) is 11.4. The molecule has 0 saturated carbocycles. The van der Waals surface area contributed by atoms with Crippen molar-refractivity contribution >= 4 is 28.5 Å². The van der Waals surface area contributed by atoms with Gasteiger partial charge < -0.3 is 15.1 Å². The molecule has 3 aromatic carbocycles. The Kier molecular flexibility index (Phi) is 6.73. The monoisotopic (exact) mass is 454 g/mol. The van der Waals surface area contributed by atoms with Crippen LogP contribution in [0.1, 0.15) is 34.6 Å². The summed E-state index contributed by atoms with van der Waals surface area (Å²) in [5.41, 5.74) is 12.0. The van der Waals surface area contributed by atoms with Gasteiger partial charge in [0.05, 0.1) is 0 Å². The minimum Gasteiger partial charge on any atom is -0.436 e. The SMILES string of the molecule is CCN(CC)c1ccc2cc(C(N)=O)c(=NNC(=O)c3ccc(-c4ccccc4)cc3)oc2c1. The highest BCUT2D eigenvalue weighted by Gasteiger charge is 2.12. The van der Waals surface area contributed by atoms with Crippen molar-refractivity contribution in [1.29, 1.82) is 0 Å². The van der Waals surface area contributed by atoms with Gasteiger partial charge in [0.25, 0.3) is 11.8 Å². The highest BCUT2D eigenvalue weighted by molar-refractivity contribution is 5.96. The molecule has 1 aromatic heterocycles. The van der Waals surface area contributed by atoms with E-state index in [4.69, 9.17) is 10.2 Å². The Morgan fingerprint density at radius 1 is 0.912 bits per heavy atom. The summed E-state index contributed by atoms with van der Waals surface area (Å²) in [5, 5.41) is 4.78. The molecule has 4 aromatic rings. The zero-order chi connectivity index (χ0) is 24.1. The van der Waals surface area contributed by atoms with Gasteiger partial charge in [-0.05, 0) is 55.3 Å². The second-order valence-electron chi connectivity index (χ2n) is 7.72. The average molecular weight is 455 g/mol. The molecule has 4 rings (SSSR count). The molecule has 0 atom stereocenters. The molecule has 0 bridgehead atoms. The van der Waals surface area contributed by atoms with Crippen LogP contribution in [0.15, 0.2) is 88.4 Å². The molecule has 7 heteroatoms. The van der Waals surface area contributed by atoms with Crippen molar-refractivity contribution in [3.05, 3.63) is 95.5 Å². The van der Waals surface area contributed by atoms with Crippen LogP contribution in [0.2, 0.25) is 0 Å². The van der Waals surface area contributed by atoms with Gasteiger partial charge in [-0.3, -0.25) is 9.59 Å². The zero-order valence-corrected chi connectivity index (χ0v) is 19.1. The number of hydrogen-bond acceptors (Lipinski definition) is 5. The van der Waals surface area contributed by atoms with E-state index in [0.717, 1.165) is 29.9 Å². The van der Waals surface area contributed by atoms with Gasteiger partial charge in [0.1, 0.15) is 11.1 Å². The van der Waals surface area contributed by atoms with Gasteiger partial charge in [-0.15, -0.1) is 5.10 Å². The summed E-state index contributed by atoms with van der Waals surface area (Å²) < 4.78 is 5.89. The summed E-state index contributed by atoms with van der Waals surface area (Å²) in [6.45, 7) is 5.84. The Balaban J connectivity index is 1.64. The molecule has 2 amide bonds. The highest BCUT2D eigenvalue weighted by Crippen LogP contribution is 2.22. The number of carbonyl (C=O) groups is 2. The Bertz CT molecular complexity index is 1390. The van der Waals surface area contributed by atoms with Crippen LogP contribution in [0.3, 0.4) is 0 Å². The molecule has 172 valence electrons. The first-order valence-electron chi connectivity index (χ1n) is 11.1. The minimum atomic E-state index is -0.696. The lowest BCUT2D eigenvalue weighted by Gasteiger charge is -2.21. The van der Waals surface area contributed by atoms with Crippen LogP contribution in [0.4, 0.5) is 5.69 Å². The fourth-order valence-corrected chi connectivity index (χ4v) is 3.76. The number of benzene rings is 3. The minimum absolute atomic E-state index is 0.0500. The fraction of sp³-hybridized carbons (Fsp3) is 0.148. The number of amides is 2. The molecule has 0 spiro atoms. The number of anilines is 1. The van der Waals surface area contributed by atoms with Crippen molar-refractivity contribution in [2.24, 2.45) is 10.8 Å². The number of fused-ring (bicyclic) bond motifs is 1. The molecule has 3 N–H and O–H groups in total. The topological polar surface area (TPSA) is 101 Å². The Morgan fingerprint density at radius 3 is 2.24 bits per heavy atom. The van der Waals surface area contributed by atoms with Crippen LogP contribution < -0.4 is 21.6 Å². The van der Waals surface area contributed by atoms with E-state index in [2.05, 4.69) is 29.3 Å². The lowest BCUT2D eigenvalue weighted by atomic mass is 10.0. The molecule has 7 nitrogen and oxygen atoms in total. The third-order valence-electron chi connectivity index (χ3n) is 5.64. The molecular weight excluding hydrogens is 428 g/mol. The van der Waals surface area contributed by atoms with Crippen LogP contribution in [-0.2, 0) is 0 Å². The van der Waals surface area contributed by atoms with E-state index in [1.165, 1.54) is 0 Å². The summed E-state index contributed by atoms with van der Waals surface area (Å²) in [6, 6.07) is 24.4. The third-order valence-corrected chi connectivity index (χ3v) is 5.64. The van der Waals surface area contributed by atoms with Crippen LogP contribution in [0.25, 0.3) is 22.1 Å². The van der Waals surface area contributed by atoms with E-state index in [9.17, 15) is 9.59 Å². The van der Waals surface area contributed by atoms with Crippen LogP contribution in [0, 0.1) is 0 Å². The maximum absolute atomic E-state index is 12.7. The van der Waals surface area contributed by atoms with Crippen molar-refractivity contribution in [1.82, 2.24) is 5.43 Å². The first-order chi connectivity index (χ1) is 16.5. The number of nitrogens with two attached hydrogens (primary N) is 1. The van der Waals surface area contributed by atoms with Gasteiger partial charge in [0, 0.05) is 35.8 Å². The van der Waals surface area contributed by atoms with E-state index in [1.807, 2.05) is 60.7 Å². The van der Waals surface area contributed by atoms with Crippen molar-refractivity contribution in [3.8, 4) is 11.1 Å². The molecule has 0 radical (unpaired) electrons. The van der Waals surface area contributed by atoms with Crippen LogP contribution in [0.5, 0.6) is 0 Å². The van der Waals surface area contributed by atoms with E-state index in [-0.39, 0.29) is 11.1 Å². The van der Waals surface area contributed by atoms with Crippen LogP contribution in [-0.4, -0.2) is 24.9 Å². The summed E-state index contributed by atoms with van der Waals surface area (Å²) in [4.78, 5) is 26.8. The number of primary amides is 1. The van der Waals surface area contributed by atoms with Crippen molar-refractivity contribution in [3.63, 3.8) is 0 Å². The molecular formula is C27H26N4O3. The van der Waals surface area contributed by atoms with E-state index < -0.39 is 11.8 Å². The summed E-state index contributed by atoms with van der Waals surface area (Å²) >= 11 is 0. The van der Waals surface area contributed by atoms with Gasteiger partial charge in [-0.1, -0.05) is 42.5 Å². The summed E-state index contributed by atoms with van der Waals surface area (Å²) in [6.07, 6.45) is 0. The van der Waals surface area contributed by atoms with E-state index in [1.54, 1.807) is 18.2 Å². The predicted octanol–water partition coefficient (Wildman–Crippen LogP) is 4.29. The van der Waals surface area contributed by atoms with Gasteiger partial charge in [-0.25, -0.2) is 5.43 Å². The number of hydrogen-bond donors (Lipinski definition) is 2. The first kappa shape index (κ1) is 22.8. The maximum atomic E-state index is 12.7. The second-order valence-corrected chi connectivity index (χ2v) is 7.72. The standard InChI is InChI=1S/C27H26N4O3/c1-3-31(4-2)22-15-14-21-16-23(25(28)32)27(34-24(21)17-22)30-29-26(33)20-12-10-19(11-13-20)18-8-6-5-7-9-18/h5-17H,3-4H2,1-2H3,(H2,28,32)(H,29,33). The Morgan fingerprint density at radius 2 is 1.59 bits per heavy atom. The van der Waals surface area contributed by atoms with E-state index >= 15 is 0 Å². The molecule has 0 unspecified atom stereocenters. The van der Waals surface area contributed by atoms with E-state index in [0.29, 0.717) is 16.5 Å². The van der Waals surface area contributed by atoms with Crippen molar-refractivity contribution in [2.75, 3.05) is 18.0 Å². The van der Waals surface area contributed by atoms with Gasteiger partial charge in [0.2, 0.25) is 5.55 Å². The lowest BCUT2D eigenvalue weighted by Crippen LogP contribution is -2.27.